The van der Waals surface area contributed by atoms with E-state index in [2.05, 4.69) is 52.7 Å². The third-order valence-electron chi connectivity index (χ3n) is 3.28. The van der Waals surface area contributed by atoms with E-state index < -0.39 is 0 Å². The lowest BCUT2D eigenvalue weighted by molar-refractivity contribution is 0.586. The number of thioether (sulfide) groups is 1. The zero-order valence-corrected chi connectivity index (χ0v) is 12.9. The molecule has 1 unspecified atom stereocenters. The van der Waals surface area contributed by atoms with Gasteiger partial charge in [-0.25, -0.2) is 9.97 Å². The van der Waals surface area contributed by atoms with Gasteiger partial charge in [0, 0.05) is 54.6 Å². The summed E-state index contributed by atoms with van der Waals surface area (Å²) >= 11 is 2.07. The van der Waals surface area contributed by atoms with Gasteiger partial charge in [0.05, 0.1) is 0 Å². The number of aromatic nitrogens is 2. The predicted molar refractivity (Wildman–Crippen MR) is 82.8 cm³/mol. The molecule has 1 aliphatic rings. The summed E-state index contributed by atoms with van der Waals surface area (Å²) in [6.45, 7) is 9.51. The van der Waals surface area contributed by atoms with Crippen LogP contribution in [0.4, 0.5) is 5.95 Å². The van der Waals surface area contributed by atoms with Gasteiger partial charge in [-0.05, 0) is 6.42 Å². The fourth-order valence-electron chi connectivity index (χ4n) is 2.07. The van der Waals surface area contributed by atoms with Crippen LogP contribution in [0.15, 0.2) is 12.4 Å². The van der Waals surface area contributed by atoms with Crippen molar-refractivity contribution in [3.05, 3.63) is 18.0 Å². The molecule has 0 bridgehead atoms. The zero-order valence-electron chi connectivity index (χ0n) is 12.1. The summed E-state index contributed by atoms with van der Waals surface area (Å²) in [6.07, 6.45) is 5.11. The van der Waals surface area contributed by atoms with Crippen LogP contribution in [0.25, 0.3) is 0 Å². The summed E-state index contributed by atoms with van der Waals surface area (Å²) in [4.78, 5) is 11.3. The SMILES string of the molecule is CCC1CN(c2ncc(CNC(C)C)cn2)CCS1. The van der Waals surface area contributed by atoms with Crippen molar-refractivity contribution in [1.29, 1.82) is 0 Å². The molecule has 0 saturated carbocycles. The van der Waals surface area contributed by atoms with Crippen molar-refractivity contribution in [2.45, 2.75) is 45.0 Å². The van der Waals surface area contributed by atoms with Gasteiger partial charge in [0.1, 0.15) is 0 Å². The Morgan fingerprint density at radius 2 is 2.16 bits per heavy atom. The Labute approximate surface area is 120 Å². The number of hydrogen-bond donors (Lipinski definition) is 1. The quantitative estimate of drug-likeness (QED) is 0.896. The van der Waals surface area contributed by atoms with E-state index in [1.165, 1.54) is 12.2 Å². The molecule has 1 aromatic rings. The van der Waals surface area contributed by atoms with Crippen molar-refractivity contribution < 1.29 is 0 Å². The minimum atomic E-state index is 0.490. The zero-order chi connectivity index (χ0) is 13.7. The van der Waals surface area contributed by atoms with E-state index in [0.29, 0.717) is 6.04 Å². The molecule has 0 aliphatic carbocycles. The van der Waals surface area contributed by atoms with Gasteiger partial charge < -0.3 is 10.2 Å². The third-order valence-corrected chi connectivity index (χ3v) is 4.66. The molecule has 106 valence electrons. The Hall–Kier alpha value is -0.810. The van der Waals surface area contributed by atoms with Gasteiger partial charge >= 0.3 is 0 Å². The van der Waals surface area contributed by atoms with Crippen LogP contribution in [0.1, 0.15) is 32.8 Å². The lowest BCUT2D eigenvalue weighted by Gasteiger charge is -2.31. The molecule has 1 fully saturated rings. The average Bonchev–Trinajstić information content (AvgIpc) is 2.45. The molecule has 1 aliphatic heterocycles. The van der Waals surface area contributed by atoms with E-state index in [1.807, 2.05) is 12.4 Å². The molecular formula is C14H24N4S. The Morgan fingerprint density at radius 1 is 1.42 bits per heavy atom. The van der Waals surface area contributed by atoms with Gasteiger partial charge in [-0.3, -0.25) is 0 Å². The van der Waals surface area contributed by atoms with E-state index in [-0.39, 0.29) is 0 Å². The first-order chi connectivity index (χ1) is 9.19. The molecule has 4 nitrogen and oxygen atoms in total. The minimum absolute atomic E-state index is 0.490. The van der Waals surface area contributed by atoms with Gasteiger partial charge in [-0.2, -0.15) is 11.8 Å². The van der Waals surface area contributed by atoms with Crippen LogP contribution >= 0.6 is 11.8 Å². The normalized spacial score (nSPS) is 20.0. The van der Waals surface area contributed by atoms with Crippen LogP contribution in [-0.2, 0) is 6.54 Å². The summed E-state index contributed by atoms with van der Waals surface area (Å²) < 4.78 is 0. The van der Waals surface area contributed by atoms with Crippen LogP contribution in [0.2, 0.25) is 0 Å². The van der Waals surface area contributed by atoms with Crippen molar-refractivity contribution in [2.24, 2.45) is 0 Å². The van der Waals surface area contributed by atoms with E-state index in [4.69, 9.17) is 0 Å². The second kappa shape index (κ2) is 7.10. The molecule has 5 heteroatoms. The maximum atomic E-state index is 4.51. The highest BCUT2D eigenvalue weighted by atomic mass is 32.2. The van der Waals surface area contributed by atoms with Crippen LogP contribution in [0.5, 0.6) is 0 Å². The molecule has 2 heterocycles. The maximum Gasteiger partial charge on any atom is 0.225 e. The predicted octanol–water partition coefficient (Wildman–Crippen LogP) is 2.31. The van der Waals surface area contributed by atoms with Crippen LogP contribution in [0.3, 0.4) is 0 Å². The molecule has 1 atom stereocenters. The molecule has 0 aromatic carbocycles. The summed E-state index contributed by atoms with van der Waals surface area (Å²) in [5.41, 5.74) is 1.15. The number of rotatable bonds is 5. The fourth-order valence-corrected chi connectivity index (χ4v) is 3.25. The number of nitrogens with one attached hydrogen (secondary N) is 1. The maximum absolute atomic E-state index is 4.51. The van der Waals surface area contributed by atoms with Crippen molar-refractivity contribution >= 4 is 17.7 Å². The topological polar surface area (TPSA) is 41.1 Å². The lowest BCUT2D eigenvalue weighted by atomic mass is 10.3. The molecule has 0 radical (unpaired) electrons. The van der Waals surface area contributed by atoms with E-state index in [0.717, 1.165) is 36.4 Å². The highest BCUT2D eigenvalue weighted by Gasteiger charge is 2.20. The summed E-state index contributed by atoms with van der Waals surface area (Å²) in [7, 11) is 0. The average molecular weight is 280 g/mol. The van der Waals surface area contributed by atoms with Crippen molar-refractivity contribution in [3.8, 4) is 0 Å². The van der Waals surface area contributed by atoms with E-state index in [1.54, 1.807) is 0 Å². The van der Waals surface area contributed by atoms with Gasteiger partial charge in [0.2, 0.25) is 5.95 Å². The van der Waals surface area contributed by atoms with Gasteiger partial charge in [0.25, 0.3) is 0 Å². The summed E-state index contributed by atoms with van der Waals surface area (Å²) in [6, 6.07) is 0.490. The molecular weight excluding hydrogens is 256 g/mol. The second-order valence-electron chi connectivity index (χ2n) is 5.27. The monoisotopic (exact) mass is 280 g/mol. The molecule has 0 amide bonds. The second-order valence-corrected chi connectivity index (χ2v) is 6.68. The molecule has 0 spiro atoms. The highest BCUT2D eigenvalue weighted by molar-refractivity contribution is 8.00. The van der Waals surface area contributed by atoms with Crippen LogP contribution in [-0.4, -0.2) is 40.1 Å². The Kier molecular flexibility index (Phi) is 5.45. The van der Waals surface area contributed by atoms with Crippen LogP contribution < -0.4 is 10.2 Å². The first-order valence-electron chi connectivity index (χ1n) is 7.10. The molecule has 1 N–H and O–H groups in total. The fraction of sp³-hybridized carbons (Fsp3) is 0.714. The van der Waals surface area contributed by atoms with Crippen LogP contribution in [0, 0.1) is 0 Å². The largest absolute Gasteiger partial charge is 0.339 e. The van der Waals surface area contributed by atoms with Crippen molar-refractivity contribution in [3.63, 3.8) is 0 Å². The Balaban J connectivity index is 1.93. The number of nitrogens with zero attached hydrogens (tertiary/aromatic N) is 3. The minimum Gasteiger partial charge on any atom is -0.339 e. The first-order valence-corrected chi connectivity index (χ1v) is 8.14. The van der Waals surface area contributed by atoms with Crippen molar-refractivity contribution in [1.82, 2.24) is 15.3 Å². The molecule has 1 saturated heterocycles. The molecule has 19 heavy (non-hydrogen) atoms. The number of hydrogen-bond acceptors (Lipinski definition) is 5. The first kappa shape index (κ1) is 14.6. The number of anilines is 1. The summed E-state index contributed by atoms with van der Waals surface area (Å²) in [5, 5.41) is 4.10. The Bertz CT molecular complexity index is 380. The van der Waals surface area contributed by atoms with Gasteiger partial charge in [0.15, 0.2) is 0 Å². The summed E-state index contributed by atoms with van der Waals surface area (Å²) in [5.74, 6) is 2.06. The standard InChI is InChI=1S/C14H24N4S/c1-4-13-10-18(5-6-19-13)14-16-8-12(9-17-14)7-15-11(2)3/h8-9,11,13,15H,4-7,10H2,1-3H3. The van der Waals surface area contributed by atoms with Gasteiger partial charge in [-0.15, -0.1) is 0 Å². The third kappa shape index (κ3) is 4.35. The lowest BCUT2D eigenvalue weighted by Crippen LogP contribution is -2.38. The smallest absolute Gasteiger partial charge is 0.225 e. The van der Waals surface area contributed by atoms with Gasteiger partial charge in [-0.1, -0.05) is 20.8 Å². The van der Waals surface area contributed by atoms with E-state index >= 15 is 0 Å². The molecule has 2 rings (SSSR count). The Morgan fingerprint density at radius 3 is 2.79 bits per heavy atom. The van der Waals surface area contributed by atoms with Crippen molar-refractivity contribution in [2.75, 3.05) is 23.7 Å². The van der Waals surface area contributed by atoms with E-state index in [9.17, 15) is 0 Å². The highest BCUT2D eigenvalue weighted by Crippen LogP contribution is 2.23. The molecule has 1 aromatic heterocycles.